The molecule has 1 aliphatic heterocycles. The molecule has 1 atom stereocenters. The van der Waals surface area contributed by atoms with Gasteiger partial charge in [-0.3, -0.25) is 9.69 Å². The highest BCUT2D eigenvalue weighted by molar-refractivity contribution is 5.47. The van der Waals surface area contributed by atoms with Crippen molar-refractivity contribution < 1.29 is 18.6 Å². The predicted molar refractivity (Wildman–Crippen MR) is 127 cm³/mol. The van der Waals surface area contributed by atoms with Crippen LogP contribution in [0.1, 0.15) is 22.9 Å². The topological polar surface area (TPSA) is 57.9 Å². The third-order valence-electron chi connectivity index (χ3n) is 6.39. The summed E-state index contributed by atoms with van der Waals surface area (Å²) < 4.78 is 35.0. The number of hydrogen-bond acceptors (Lipinski definition) is 5. The number of anilines is 1. The van der Waals surface area contributed by atoms with Gasteiger partial charge in [0.1, 0.15) is 17.4 Å². The molecule has 0 spiro atoms. The van der Waals surface area contributed by atoms with E-state index in [-0.39, 0.29) is 22.7 Å². The highest BCUT2D eigenvalue weighted by atomic mass is 19.1. The quantitative estimate of drug-likeness (QED) is 0.572. The lowest BCUT2D eigenvalue weighted by Crippen LogP contribution is -2.49. The first-order chi connectivity index (χ1) is 16.4. The predicted octanol–water partition coefficient (Wildman–Crippen LogP) is 3.70. The number of rotatable bonds is 7. The standard InChI is InChI=1S/C26H29F2N3O3/c1-18-17-23(32)24(26(33)31(18)15-16-34-2)25(21-5-3-4-6-22(21)28)30-13-11-29(12-14-30)20-9-7-19(27)8-10-20/h3-10,17,25,32H,11-16H2,1-2H3. The zero-order valence-electron chi connectivity index (χ0n) is 19.4. The molecule has 0 saturated carbocycles. The number of aryl methyl sites for hydroxylation is 1. The van der Waals surface area contributed by atoms with Gasteiger partial charge in [0, 0.05) is 56.8 Å². The number of pyridine rings is 1. The fraction of sp³-hybridized carbons (Fsp3) is 0.346. The van der Waals surface area contributed by atoms with Gasteiger partial charge in [0.2, 0.25) is 0 Å². The number of hydrogen-bond donors (Lipinski definition) is 1. The smallest absolute Gasteiger partial charge is 0.259 e. The maximum absolute atomic E-state index is 15.0. The Labute approximate surface area is 197 Å². The van der Waals surface area contributed by atoms with Crippen LogP contribution in [0.25, 0.3) is 0 Å². The van der Waals surface area contributed by atoms with E-state index >= 15 is 4.39 Å². The third-order valence-corrected chi connectivity index (χ3v) is 6.39. The number of ether oxygens (including phenoxy) is 1. The van der Waals surface area contributed by atoms with Crippen LogP contribution in [0.4, 0.5) is 14.5 Å². The van der Waals surface area contributed by atoms with Gasteiger partial charge in [0.15, 0.2) is 0 Å². The van der Waals surface area contributed by atoms with E-state index in [2.05, 4.69) is 4.90 Å². The SMILES string of the molecule is COCCn1c(C)cc(O)c(C(c2ccccc2F)N2CCN(c3ccc(F)cc3)CC2)c1=O. The highest BCUT2D eigenvalue weighted by Crippen LogP contribution is 2.35. The van der Waals surface area contributed by atoms with Gasteiger partial charge in [-0.05, 0) is 43.3 Å². The van der Waals surface area contributed by atoms with Crippen molar-refractivity contribution in [1.29, 1.82) is 0 Å². The van der Waals surface area contributed by atoms with E-state index in [1.54, 1.807) is 55.0 Å². The molecule has 0 bridgehead atoms. The molecule has 8 heteroatoms. The molecule has 0 amide bonds. The number of halogens is 2. The van der Waals surface area contributed by atoms with Gasteiger partial charge in [-0.15, -0.1) is 0 Å². The Kier molecular flexibility index (Phi) is 7.29. The molecule has 0 aliphatic carbocycles. The second-order valence-corrected chi connectivity index (χ2v) is 8.46. The summed E-state index contributed by atoms with van der Waals surface area (Å²) in [5.41, 5.74) is 1.65. The fourth-order valence-corrected chi connectivity index (χ4v) is 4.61. The van der Waals surface area contributed by atoms with Crippen LogP contribution >= 0.6 is 0 Å². The van der Waals surface area contributed by atoms with Crippen LogP contribution in [0, 0.1) is 18.6 Å². The Morgan fingerprint density at radius 1 is 1.03 bits per heavy atom. The lowest BCUT2D eigenvalue weighted by molar-refractivity contribution is 0.183. The molecule has 1 fully saturated rings. The summed E-state index contributed by atoms with van der Waals surface area (Å²) in [5.74, 6) is -0.872. The lowest BCUT2D eigenvalue weighted by Gasteiger charge is -2.40. The van der Waals surface area contributed by atoms with E-state index in [9.17, 15) is 14.3 Å². The summed E-state index contributed by atoms with van der Waals surface area (Å²) >= 11 is 0. The molecule has 3 aromatic rings. The van der Waals surface area contributed by atoms with Crippen molar-refractivity contribution in [1.82, 2.24) is 9.47 Å². The fourth-order valence-electron chi connectivity index (χ4n) is 4.61. The van der Waals surface area contributed by atoms with E-state index in [0.717, 1.165) is 5.69 Å². The summed E-state index contributed by atoms with van der Waals surface area (Å²) in [6.07, 6.45) is 0. The maximum Gasteiger partial charge on any atom is 0.259 e. The molecule has 1 N–H and O–H groups in total. The summed E-state index contributed by atoms with van der Waals surface area (Å²) in [4.78, 5) is 17.7. The number of aromatic hydroxyl groups is 1. The molecule has 34 heavy (non-hydrogen) atoms. The van der Waals surface area contributed by atoms with Crippen molar-refractivity contribution >= 4 is 5.69 Å². The van der Waals surface area contributed by atoms with Gasteiger partial charge in [0.05, 0.1) is 18.2 Å². The minimum Gasteiger partial charge on any atom is -0.507 e. The molecule has 6 nitrogen and oxygen atoms in total. The molecule has 2 aromatic carbocycles. The van der Waals surface area contributed by atoms with Gasteiger partial charge in [-0.1, -0.05) is 18.2 Å². The van der Waals surface area contributed by atoms with E-state index < -0.39 is 11.9 Å². The van der Waals surface area contributed by atoms with Crippen molar-refractivity contribution in [2.24, 2.45) is 0 Å². The molecule has 1 saturated heterocycles. The Morgan fingerprint density at radius 3 is 2.35 bits per heavy atom. The Balaban J connectivity index is 1.72. The van der Waals surface area contributed by atoms with Gasteiger partial charge in [-0.25, -0.2) is 8.78 Å². The minimum absolute atomic E-state index is 0.148. The molecule has 1 unspecified atom stereocenters. The van der Waals surface area contributed by atoms with Crippen LogP contribution in [0.5, 0.6) is 5.75 Å². The summed E-state index contributed by atoms with van der Waals surface area (Å²) in [7, 11) is 1.56. The third kappa shape index (κ3) is 4.83. The van der Waals surface area contributed by atoms with E-state index in [4.69, 9.17) is 4.74 Å². The van der Waals surface area contributed by atoms with E-state index in [1.807, 2.05) is 4.90 Å². The van der Waals surface area contributed by atoms with Gasteiger partial charge >= 0.3 is 0 Å². The van der Waals surface area contributed by atoms with Crippen LogP contribution in [0.15, 0.2) is 59.4 Å². The summed E-state index contributed by atoms with van der Waals surface area (Å²) in [5, 5.41) is 10.9. The Bertz CT molecular complexity index is 1190. The first-order valence-corrected chi connectivity index (χ1v) is 11.3. The van der Waals surface area contributed by atoms with Gasteiger partial charge < -0.3 is 19.3 Å². The monoisotopic (exact) mass is 469 g/mol. The normalized spacial score (nSPS) is 15.5. The molecule has 2 heterocycles. The average molecular weight is 470 g/mol. The van der Waals surface area contributed by atoms with Crippen LogP contribution in [-0.4, -0.2) is 54.5 Å². The molecular formula is C26H29F2N3O3. The molecule has 4 rings (SSSR count). The van der Waals surface area contributed by atoms with Crippen molar-refractivity contribution in [3.63, 3.8) is 0 Å². The van der Waals surface area contributed by atoms with Crippen molar-refractivity contribution in [3.05, 3.63) is 93.4 Å². The second-order valence-electron chi connectivity index (χ2n) is 8.46. The van der Waals surface area contributed by atoms with Gasteiger partial charge in [0.25, 0.3) is 5.56 Å². The van der Waals surface area contributed by atoms with E-state index in [1.165, 1.54) is 18.2 Å². The van der Waals surface area contributed by atoms with Crippen LogP contribution < -0.4 is 10.5 Å². The van der Waals surface area contributed by atoms with Crippen LogP contribution in [0.2, 0.25) is 0 Å². The highest BCUT2D eigenvalue weighted by Gasteiger charge is 2.33. The van der Waals surface area contributed by atoms with E-state index in [0.29, 0.717) is 50.6 Å². The minimum atomic E-state index is -0.751. The van der Waals surface area contributed by atoms with Crippen molar-refractivity contribution in [3.8, 4) is 5.75 Å². The van der Waals surface area contributed by atoms with Crippen LogP contribution in [0.3, 0.4) is 0 Å². The summed E-state index contributed by atoms with van der Waals surface area (Å²) in [6.45, 7) is 4.70. The Morgan fingerprint density at radius 2 is 1.71 bits per heavy atom. The van der Waals surface area contributed by atoms with Crippen LogP contribution in [-0.2, 0) is 11.3 Å². The lowest BCUT2D eigenvalue weighted by atomic mass is 9.95. The molecular weight excluding hydrogens is 440 g/mol. The molecule has 1 aromatic heterocycles. The van der Waals surface area contributed by atoms with Crippen molar-refractivity contribution in [2.75, 3.05) is 44.8 Å². The number of piperazine rings is 1. The van der Waals surface area contributed by atoms with Crippen molar-refractivity contribution in [2.45, 2.75) is 19.5 Å². The molecule has 0 radical (unpaired) electrons. The zero-order valence-corrected chi connectivity index (χ0v) is 19.4. The second kappa shape index (κ2) is 10.4. The number of methoxy groups -OCH3 is 1. The first-order valence-electron chi connectivity index (χ1n) is 11.3. The van der Waals surface area contributed by atoms with Gasteiger partial charge in [-0.2, -0.15) is 0 Å². The Hall–Kier alpha value is -3.23. The molecule has 180 valence electrons. The summed E-state index contributed by atoms with van der Waals surface area (Å²) in [6, 6.07) is 13.5. The largest absolute Gasteiger partial charge is 0.507 e. The number of aromatic nitrogens is 1. The number of benzene rings is 2. The zero-order chi connectivity index (χ0) is 24.2. The number of nitrogens with zero attached hydrogens (tertiary/aromatic N) is 3. The molecule has 1 aliphatic rings. The maximum atomic E-state index is 15.0. The average Bonchev–Trinajstić information content (AvgIpc) is 2.83. The first kappa shape index (κ1) is 23.9.